The number of carbonyl (C=O) groups is 1. The van der Waals surface area contributed by atoms with E-state index in [1.165, 1.54) is 0 Å². The van der Waals surface area contributed by atoms with E-state index in [1.54, 1.807) is 11.6 Å². The Hall–Kier alpha value is -3.40. The Bertz CT molecular complexity index is 1040. The molecule has 0 saturated heterocycles. The van der Waals surface area contributed by atoms with Crippen LogP contribution in [0.15, 0.2) is 30.3 Å². The third-order valence-electron chi connectivity index (χ3n) is 4.88. The van der Waals surface area contributed by atoms with Gasteiger partial charge in [-0.15, -0.1) is 0 Å². The molecule has 0 spiro atoms. The molecule has 3 aromatic rings. The highest BCUT2D eigenvalue weighted by Gasteiger charge is 2.18. The largest absolute Gasteiger partial charge is 0.459 e. The minimum absolute atomic E-state index is 0.00245. The van der Waals surface area contributed by atoms with Crippen molar-refractivity contribution in [1.82, 2.24) is 19.6 Å². The lowest BCUT2D eigenvalue weighted by atomic mass is 10.1. The Kier molecular flexibility index (Phi) is 5.59. The van der Waals surface area contributed by atoms with Crippen LogP contribution >= 0.6 is 0 Å². The van der Waals surface area contributed by atoms with Crippen LogP contribution in [0.2, 0.25) is 0 Å². The lowest BCUT2D eigenvalue weighted by Gasteiger charge is -2.09. The molecule has 0 saturated carbocycles. The molecule has 7 heteroatoms. The van der Waals surface area contributed by atoms with Crippen LogP contribution in [0.3, 0.4) is 0 Å². The Morgan fingerprint density at radius 3 is 2.46 bits per heavy atom. The van der Waals surface area contributed by atoms with Crippen molar-refractivity contribution < 1.29 is 9.53 Å². The van der Waals surface area contributed by atoms with E-state index >= 15 is 0 Å². The number of esters is 1. The molecule has 28 heavy (non-hydrogen) atoms. The van der Waals surface area contributed by atoms with E-state index in [0.29, 0.717) is 23.4 Å². The summed E-state index contributed by atoms with van der Waals surface area (Å²) >= 11 is 0. The van der Waals surface area contributed by atoms with E-state index in [1.807, 2.05) is 55.9 Å². The van der Waals surface area contributed by atoms with Crippen molar-refractivity contribution in [1.29, 1.82) is 5.26 Å². The number of ether oxygens (including phenoxy) is 1. The van der Waals surface area contributed by atoms with Gasteiger partial charge in [-0.3, -0.25) is 9.48 Å². The summed E-state index contributed by atoms with van der Waals surface area (Å²) < 4.78 is 8.96. The number of rotatable bonds is 6. The highest BCUT2D eigenvalue weighted by molar-refractivity contribution is 5.70. The van der Waals surface area contributed by atoms with Gasteiger partial charge in [0.05, 0.1) is 22.8 Å². The third-order valence-corrected chi connectivity index (χ3v) is 4.88. The number of hydrogen-bond acceptors (Lipinski definition) is 5. The molecule has 0 fully saturated rings. The number of nitriles is 1. The fourth-order valence-corrected chi connectivity index (χ4v) is 3.26. The summed E-state index contributed by atoms with van der Waals surface area (Å²) in [6.45, 7) is 5.70. The maximum atomic E-state index is 12.3. The van der Waals surface area contributed by atoms with E-state index in [4.69, 9.17) is 4.74 Å². The molecule has 0 atom stereocenters. The maximum Gasteiger partial charge on any atom is 0.306 e. The van der Waals surface area contributed by atoms with Crippen LogP contribution in [-0.2, 0) is 29.6 Å². The fourth-order valence-electron chi connectivity index (χ4n) is 3.26. The normalized spacial score (nSPS) is 10.7. The molecule has 2 aromatic heterocycles. The summed E-state index contributed by atoms with van der Waals surface area (Å²) in [5.74, 6) is -0.315. The molecule has 0 radical (unpaired) electrons. The number of benzene rings is 1. The first-order valence-electron chi connectivity index (χ1n) is 9.11. The Labute approximate surface area is 164 Å². The zero-order valence-corrected chi connectivity index (χ0v) is 16.6. The molecule has 0 aliphatic carbocycles. The molecular formula is C21H23N5O2. The Morgan fingerprint density at radius 1 is 1.14 bits per heavy atom. The van der Waals surface area contributed by atoms with Crippen LogP contribution in [0.1, 0.15) is 40.3 Å². The van der Waals surface area contributed by atoms with Crippen LogP contribution in [0, 0.1) is 32.1 Å². The lowest BCUT2D eigenvalue weighted by molar-refractivity contribution is -0.145. The standard InChI is InChI=1S/C21H23N5O2/c1-14-18(16(3)25(4)23-14)10-11-21(27)28-13-20-19(12-22)15(2)24-26(20)17-8-6-5-7-9-17/h5-9H,10-11,13H2,1-4H3. The van der Waals surface area contributed by atoms with Crippen molar-refractivity contribution in [3.8, 4) is 11.8 Å². The van der Waals surface area contributed by atoms with E-state index in [9.17, 15) is 10.1 Å². The number of aromatic nitrogens is 4. The van der Waals surface area contributed by atoms with Crippen molar-refractivity contribution in [2.75, 3.05) is 0 Å². The van der Waals surface area contributed by atoms with E-state index in [0.717, 1.165) is 22.6 Å². The first-order valence-corrected chi connectivity index (χ1v) is 9.11. The molecule has 3 rings (SSSR count). The van der Waals surface area contributed by atoms with Crippen LogP contribution in [0.5, 0.6) is 0 Å². The summed E-state index contributed by atoms with van der Waals surface area (Å²) in [4.78, 5) is 12.3. The van der Waals surface area contributed by atoms with Crippen molar-refractivity contribution in [2.45, 2.75) is 40.2 Å². The van der Waals surface area contributed by atoms with Gasteiger partial charge in [0.2, 0.25) is 0 Å². The minimum Gasteiger partial charge on any atom is -0.459 e. The maximum absolute atomic E-state index is 12.3. The molecule has 0 bridgehead atoms. The van der Waals surface area contributed by atoms with Gasteiger partial charge in [0.15, 0.2) is 0 Å². The monoisotopic (exact) mass is 377 g/mol. The topological polar surface area (TPSA) is 85.7 Å². The number of aryl methyl sites for hydroxylation is 3. The number of hydrogen-bond donors (Lipinski definition) is 0. The highest BCUT2D eigenvalue weighted by atomic mass is 16.5. The molecule has 0 aliphatic rings. The van der Waals surface area contributed by atoms with Crippen molar-refractivity contribution in [2.24, 2.45) is 7.05 Å². The fraction of sp³-hybridized carbons (Fsp3) is 0.333. The zero-order valence-electron chi connectivity index (χ0n) is 16.6. The van der Waals surface area contributed by atoms with E-state index in [-0.39, 0.29) is 19.0 Å². The van der Waals surface area contributed by atoms with E-state index in [2.05, 4.69) is 16.3 Å². The molecule has 1 aromatic carbocycles. The van der Waals surface area contributed by atoms with Gasteiger partial charge in [-0.1, -0.05) is 18.2 Å². The number of carbonyl (C=O) groups excluding carboxylic acids is 1. The predicted octanol–water partition coefficient (Wildman–Crippen LogP) is 3.08. The number of nitrogens with zero attached hydrogens (tertiary/aromatic N) is 5. The molecule has 0 aliphatic heterocycles. The van der Waals surface area contributed by atoms with Crippen molar-refractivity contribution in [3.05, 3.63) is 64.2 Å². The van der Waals surface area contributed by atoms with Gasteiger partial charge in [-0.05, 0) is 44.9 Å². The zero-order chi connectivity index (χ0) is 20.3. The predicted molar refractivity (Wildman–Crippen MR) is 104 cm³/mol. The highest BCUT2D eigenvalue weighted by Crippen LogP contribution is 2.20. The summed E-state index contributed by atoms with van der Waals surface area (Å²) in [6, 6.07) is 11.7. The molecule has 2 heterocycles. The lowest BCUT2D eigenvalue weighted by Crippen LogP contribution is -2.10. The van der Waals surface area contributed by atoms with Gasteiger partial charge < -0.3 is 4.74 Å². The summed E-state index contributed by atoms with van der Waals surface area (Å²) in [5.41, 5.74) is 5.50. The SMILES string of the molecule is Cc1nn(-c2ccccc2)c(COC(=O)CCc2c(C)nn(C)c2C)c1C#N. The summed E-state index contributed by atoms with van der Waals surface area (Å²) in [7, 11) is 1.89. The van der Waals surface area contributed by atoms with Gasteiger partial charge in [-0.25, -0.2) is 4.68 Å². The molecule has 0 N–H and O–H groups in total. The third kappa shape index (κ3) is 3.81. The van der Waals surface area contributed by atoms with Crippen molar-refractivity contribution in [3.63, 3.8) is 0 Å². The van der Waals surface area contributed by atoms with Crippen LogP contribution in [-0.4, -0.2) is 25.5 Å². The molecule has 7 nitrogen and oxygen atoms in total. The van der Waals surface area contributed by atoms with Gasteiger partial charge >= 0.3 is 5.97 Å². The number of para-hydroxylation sites is 1. The van der Waals surface area contributed by atoms with Crippen LogP contribution in [0.25, 0.3) is 5.69 Å². The summed E-state index contributed by atoms with van der Waals surface area (Å²) in [6.07, 6.45) is 0.833. The second-order valence-corrected chi connectivity index (χ2v) is 6.70. The van der Waals surface area contributed by atoms with Gasteiger partial charge in [0.1, 0.15) is 18.2 Å². The van der Waals surface area contributed by atoms with Crippen LogP contribution < -0.4 is 0 Å². The minimum atomic E-state index is -0.315. The molecule has 0 unspecified atom stereocenters. The van der Waals surface area contributed by atoms with Crippen molar-refractivity contribution >= 4 is 5.97 Å². The Morgan fingerprint density at radius 2 is 1.86 bits per heavy atom. The Balaban J connectivity index is 1.72. The first-order chi connectivity index (χ1) is 13.4. The average molecular weight is 377 g/mol. The smallest absolute Gasteiger partial charge is 0.306 e. The first kappa shape index (κ1) is 19.4. The second-order valence-electron chi connectivity index (χ2n) is 6.70. The molecule has 0 amide bonds. The molecular weight excluding hydrogens is 354 g/mol. The van der Waals surface area contributed by atoms with E-state index < -0.39 is 0 Å². The van der Waals surface area contributed by atoms with Gasteiger partial charge in [0.25, 0.3) is 0 Å². The second kappa shape index (κ2) is 8.09. The summed E-state index contributed by atoms with van der Waals surface area (Å²) in [5, 5.41) is 18.3. The van der Waals surface area contributed by atoms with Gasteiger partial charge in [0, 0.05) is 19.2 Å². The molecule has 144 valence electrons. The average Bonchev–Trinajstić information content (AvgIpc) is 3.14. The quantitative estimate of drug-likeness (QED) is 0.616. The van der Waals surface area contributed by atoms with Crippen LogP contribution in [0.4, 0.5) is 0 Å². The van der Waals surface area contributed by atoms with Gasteiger partial charge in [-0.2, -0.15) is 15.5 Å².